The van der Waals surface area contributed by atoms with Crippen LogP contribution in [0.3, 0.4) is 0 Å². The van der Waals surface area contributed by atoms with Crippen LogP contribution in [0.4, 0.5) is 0 Å². The predicted molar refractivity (Wildman–Crippen MR) is 120 cm³/mol. The second-order valence-electron chi connectivity index (χ2n) is 7.28. The Labute approximate surface area is 195 Å². The Morgan fingerprint density at radius 3 is 2.00 bits per heavy atom. The Kier molecular flexibility index (Phi) is 11.2. The van der Waals surface area contributed by atoms with Crippen molar-refractivity contribution in [3.63, 3.8) is 0 Å². The number of carboxylic acids is 2. The first kappa shape index (κ1) is 27.7. The Morgan fingerprint density at radius 1 is 0.939 bits per heavy atom. The van der Waals surface area contributed by atoms with Crippen LogP contribution in [0.25, 0.3) is 0 Å². The molecule has 0 aromatic heterocycles. The SMILES string of the molecule is CC(NC(=O)C(CS)NC(=O)C(CCC(=O)O)NC(=O)C(N)Cc1ccc(O)cc1)C(=O)O. The van der Waals surface area contributed by atoms with Crippen LogP contribution in [0.5, 0.6) is 5.75 Å². The molecule has 0 bridgehead atoms. The number of hydrogen-bond donors (Lipinski definition) is 8. The fraction of sp³-hybridized carbons (Fsp3) is 0.450. The monoisotopic (exact) mass is 484 g/mol. The van der Waals surface area contributed by atoms with Crippen molar-refractivity contribution >= 4 is 42.3 Å². The van der Waals surface area contributed by atoms with Gasteiger partial charge in [0, 0.05) is 12.2 Å². The maximum absolute atomic E-state index is 12.7. The van der Waals surface area contributed by atoms with Gasteiger partial charge in [-0.2, -0.15) is 12.6 Å². The van der Waals surface area contributed by atoms with Crippen LogP contribution in [0, 0.1) is 0 Å². The zero-order chi connectivity index (χ0) is 25.1. The van der Waals surface area contributed by atoms with Crippen molar-refractivity contribution in [3.8, 4) is 5.75 Å². The van der Waals surface area contributed by atoms with E-state index in [0.29, 0.717) is 5.56 Å². The third-order valence-corrected chi connectivity index (χ3v) is 4.92. The summed E-state index contributed by atoms with van der Waals surface area (Å²) in [5, 5.41) is 34.1. The highest BCUT2D eigenvalue weighted by atomic mass is 32.1. The lowest BCUT2D eigenvalue weighted by molar-refractivity contribution is -0.141. The predicted octanol–water partition coefficient (Wildman–Crippen LogP) is -1.38. The van der Waals surface area contributed by atoms with Crippen LogP contribution in [-0.2, 0) is 30.4 Å². The molecule has 0 aliphatic rings. The number of carbonyl (C=O) groups excluding carboxylic acids is 3. The van der Waals surface area contributed by atoms with Gasteiger partial charge in [0.25, 0.3) is 0 Å². The summed E-state index contributed by atoms with van der Waals surface area (Å²) in [6.07, 6.45) is -0.626. The van der Waals surface area contributed by atoms with E-state index in [2.05, 4.69) is 28.6 Å². The molecule has 33 heavy (non-hydrogen) atoms. The van der Waals surface area contributed by atoms with Gasteiger partial charge in [0.1, 0.15) is 23.9 Å². The molecular weight excluding hydrogens is 456 g/mol. The van der Waals surface area contributed by atoms with Crippen LogP contribution in [0.1, 0.15) is 25.3 Å². The van der Waals surface area contributed by atoms with Crippen molar-refractivity contribution < 1.29 is 39.3 Å². The molecule has 0 radical (unpaired) electrons. The van der Waals surface area contributed by atoms with E-state index >= 15 is 0 Å². The minimum Gasteiger partial charge on any atom is -0.508 e. The van der Waals surface area contributed by atoms with E-state index in [-0.39, 0.29) is 24.3 Å². The minimum absolute atomic E-state index is 0.0442. The summed E-state index contributed by atoms with van der Waals surface area (Å²) in [5.74, 6) is -4.98. The molecule has 0 spiro atoms. The van der Waals surface area contributed by atoms with Crippen molar-refractivity contribution in [1.82, 2.24) is 16.0 Å². The molecule has 12 nitrogen and oxygen atoms in total. The summed E-state index contributed by atoms with van der Waals surface area (Å²) in [5.41, 5.74) is 6.55. The van der Waals surface area contributed by atoms with Gasteiger partial charge in [0.15, 0.2) is 0 Å². The van der Waals surface area contributed by atoms with Crippen molar-refractivity contribution in [1.29, 1.82) is 0 Å². The number of phenols is 1. The largest absolute Gasteiger partial charge is 0.508 e. The molecule has 4 unspecified atom stereocenters. The highest BCUT2D eigenvalue weighted by molar-refractivity contribution is 7.80. The minimum atomic E-state index is -1.31. The molecule has 0 saturated carbocycles. The van der Waals surface area contributed by atoms with Gasteiger partial charge < -0.3 is 37.0 Å². The van der Waals surface area contributed by atoms with Gasteiger partial charge >= 0.3 is 11.9 Å². The summed E-state index contributed by atoms with van der Waals surface area (Å²) in [6.45, 7) is 1.24. The highest BCUT2D eigenvalue weighted by Crippen LogP contribution is 2.11. The van der Waals surface area contributed by atoms with Crippen LogP contribution in [0.15, 0.2) is 24.3 Å². The average molecular weight is 485 g/mol. The fourth-order valence-corrected chi connectivity index (χ4v) is 2.89. The topological polar surface area (TPSA) is 208 Å². The first-order chi connectivity index (χ1) is 15.4. The Bertz CT molecular complexity index is 864. The van der Waals surface area contributed by atoms with E-state index in [4.69, 9.17) is 15.9 Å². The zero-order valence-corrected chi connectivity index (χ0v) is 18.7. The second kappa shape index (κ2) is 13.3. The van der Waals surface area contributed by atoms with Crippen LogP contribution < -0.4 is 21.7 Å². The summed E-state index contributed by atoms with van der Waals surface area (Å²) in [4.78, 5) is 59.3. The molecule has 1 aromatic carbocycles. The van der Waals surface area contributed by atoms with Crippen molar-refractivity contribution in [2.24, 2.45) is 5.73 Å². The number of carboxylic acid groups (broad SMARTS) is 2. The normalized spacial score (nSPS) is 14.3. The van der Waals surface area contributed by atoms with Gasteiger partial charge in [-0.1, -0.05) is 12.1 Å². The van der Waals surface area contributed by atoms with Crippen molar-refractivity contribution in [2.75, 3.05) is 5.75 Å². The van der Waals surface area contributed by atoms with E-state index in [1.165, 1.54) is 19.1 Å². The van der Waals surface area contributed by atoms with Gasteiger partial charge in [-0.3, -0.25) is 24.0 Å². The molecule has 8 N–H and O–H groups in total. The maximum atomic E-state index is 12.7. The molecule has 1 rings (SSSR count). The van der Waals surface area contributed by atoms with E-state index < -0.39 is 60.2 Å². The van der Waals surface area contributed by atoms with Crippen molar-refractivity contribution in [2.45, 2.75) is 50.4 Å². The third-order valence-electron chi connectivity index (χ3n) is 4.55. The van der Waals surface area contributed by atoms with E-state index in [9.17, 15) is 29.1 Å². The molecule has 0 fully saturated rings. The Morgan fingerprint density at radius 2 is 1.48 bits per heavy atom. The van der Waals surface area contributed by atoms with Gasteiger partial charge in [-0.25, -0.2) is 0 Å². The molecular formula is C20H28N4O8S. The highest BCUT2D eigenvalue weighted by Gasteiger charge is 2.29. The number of aromatic hydroxyl groups is 1. The van der Waals surface area contributed by atoms with Gasteiger partial charge in [-0.15, -0.1) is 0 Å². The van der Waals surface area contributed by atoms with Crippen LogP contribution in [-0.4, -0.2) is 74.9 Å². The lowest BCUT2D eigenvalue weighted by atomic mass is 10.0. The Balaban J connectivity index is 2.84. The molecule has 0 heterocycles. The first-order valence-corrected chi connectivity index (χ1v) is 10.6. The van der Waals surface area contributed by atoms with Gasteiger partial charge in [0.2, 0.25) is 17.7 Å². The standard InChI is InChI=1S/C20H28N4O8S/c1-10(20(31)32)22-19(30)15(9-33)24-18(29)14(6-7-16(26)27)23-17(28)13(21)8-11-2-4-12(25)5-3-11/h2-5,10,13-15,25,33H,6-9,21H2,1H3,(H,22,30)(H,23,28)(H,24,29)(H,26,27)(H,31,32). The summed E-state index contributed by atoms with van der Waals surface area (Å²) in [6, 6.07) is 1.18. The maximum Gasteiger partial charge on any atom is 0.325 e. The lowest BCUT2D eigenvalue weighted by Gasteiger charge is -2.23. The second-order valence-corrected chi connectivity index (χ2v) is 7.65. The molecule has 4 atom stereocenters. The van der Waals surface area contributed by atoms with E-state index in [0.717, 1.165) is 0 Å². The molecule has 0 aliphatic carbocycles. The van der Waals surface area contributed by atoms with E-state index in [1.54, 1.807) is 12.1 Å². The fourth-order valence-electron chi connectivity index (χ4n) is 2.64. The summed E-state index contributed by atoms with van der Waals surface area (Å²) < 4.78 is 0. The number of nitrogens with two attached hydrogens (primary N) is 1. The lowest BCUT2D eigenvalue weighted by Crippen LogP contribution is -2.57. The third kappa shape index (κ3) is 9.78. The molecule has 3 amide bonds. The quantitative estimate of drug-likeness (QED) is 0.155. The number of thiol groups is 1. The number of hydrogen-bond acceptors (Lipinski definition) is 8. The number of rotatable bonds is 13. The number of aliphatic carboxylic acids is 2. The molecule has 13 heteroatoms. The number of nitrogens with one attached hydrogen (secondary N) is 3. The average Bonchev–Trinajstić information content (AvgIpc) is 2.75. The van der Waals surface area contributed by atoms with Crippen LogP contribution >= 0.6 is 12.6 Å². The molecule has 182 valence electrons. The van der Waals surface area contributed by atoms with E-state index in [1.807, 2.05) is 0 Å². The first-order valence-electron chi connectivity index (χ1n) is 9.94. The molecule has 1 aromatic rings. The number of amides is 3. The summed E-state index contributed by atoms with van der Waals surface area (Å²) >= 11 is 3.98. The van der Waals surface area contributed by atoms with Crippen LogP contribution in [0.2, 0.25) is 0 Å². The molecule has 0 aliphatic heterocycles. The molecule has 0 saturated heterocycles. The van der Waals surface area contributed by atoms with Crippen molar-refractivity contribution in [3.05, 3.63) is 29.8 Å². The number of phenolic OH excluding ortho intramolecular Hbond substituents is 1. The van der Waals surface area contributed by atoms with Gasteiger partial charge in [0.05, 0.1) is 6.04 Å². The number of carbonyl (C=O) groups is 5. The smallest absolute Gasteiger partial charge is 0.325 e. The number of benzene rings is 1. The summed E-state index contributed by atoms with van der Waals surface area (Å²) in [7, 11) is 0. The zero-order valence-electron chi connectivity index (χ0n) is 17.9. The van der Waals surface area contributed by atoms with Gasteiger partial charge in [-0.05, 0) is 37.5 Å². The Hall–Kier alpha value is -3.32.